The third-order valence-corrected chi connectivity index (χ3v) is 2.21. The highest BCUT2D eigenvalue weighted by Gasteiger charge is 2.10. The van der Waals surface area contributed by atoms with E-state index in [4.69, 9.17) is 10.2 Å². The van der Waals surface area contributed by atoms with E-state index in [0.29, 0.717) is 19.1 Å². The third kappa shape index (κ3) is 6.62. The molecule has 0 heterocycles. The van der Waals surface area contributed by atoms with E-state index in [0.717, 1.165) is 6.42 Å². The van der Waals surface area contributed by atoms with Crippen molar-refractivity contribution in [2.45, 2.75) is 45.4 Å². The van der Waals surface area contributed by atoms with Crippen LogP contribution >= 0.6 is 0 Å². The Morgan fingerprint density at radius 2 is 1.58 bits per heavy atom. The van der Waals surface area contributed by atoms with Crippen LogP contribution in [-0.2, 0) is 0 Å². The summed E-state index contributed by atoms with van der Waals surface area (Å²) in [7, 11) is 0. The van der Waals surface area contributed by atoms with Gasteiger partial charge in [0.05, 0.1) is 0 Å². The van der Waals surface area contributed by atoms with E-state index in [1.807, 2.05) is 6.92 Å². The molecule has 0 unspecified atom stereocenters. The fourth-order valence-electron chi connectivity index (χ4n) is 1.37. The molecule has 1 rings (SSSR count). The Morgan fingerprint density at radius 1 is 1.08 bits per heavy atom. The first-order valence-electron chi connectivity index (χ1n) is 5.06. The number of aliphatic hydroxyl groups is 2. The largest absolute Gasteiger partial charge is 0.396 e. The van der Waals surface area contributed by atoms with Crippen molar-refractivity contribution in [3.05, 3.63) is 0 Å². The molecule has 74 valence electrons. The molecule has 0 aromatic heterocycles. The van der Waals surface area contributed by atoms with Crippen molar-refractivity contribution in [1.29, 1.82) is 0 Å². The number of aliphatic hydroxyl groups excluding tert-OH is 2. The maximum atomic E-state index is 8.69. The maximum absolute atomic E-state index is 8.69. The summed E-state index contributed by atoms with van der Waals surface area (Å²) < 4.78 is 0. The van der Waals surface area contributed by atoms with E-state index < -0.39 is 0 Å². The molecule has 2 heteroatoms. The highest BCUT2D eigenvalue weighted by atomic mass is 16.3. The van der Waals surface area contributed by atoms with Crippen LogP contribution in [-0.4, -0.2) is 23.4 Å². The van der Waals surface area contributed by atoms with Crippen molar-refractivity contribution < 1.29 is 10.2 Å². The molecular weight excluding hydrogens is 152 g/mol. The topological polar surface area (TPSA) is 40.5 Å². The van der Waals surface area contributed by atoms with E-state index in [9.17, 15) is 0 Å². The van der Waals surface area contributed by atoms with E-state index in [2.05, 4.69) is 0 Å². The fraction of sp³-hybridized carbons (Fsp3) is 1.00. The molecule has 0 spiro atoms. The first-order chi connectivity index (χ1) is 5.85. The second kappa shape index (κ2) is 9.01. The van der Waals surface area contributed by atoms with Crippen LogP contribution in [0.15, 0.2) is 0 Å². The summed E-state index contributed by atoms with van der Waals surface area (Å²) in [6.45, 7) is 2.67. The SMILES string of the molecule is CCCO.OCC1CCCCC1. The molecule has 2 nitrogen and oxygen atoms in total. The van der Waals surface area contributed by atoms with Gasteiger partial charge < -0.3 is 10.2 Å². The van der Waals surface area contributed by atoms with Crippen LogP contribution in [0.5, 0.6) is 0 Å². The molecule has 0 amide bonds. The lowest BCUT2D eigenvalue weighted by Crippen LogP contribution is -2.09. The molecule has 1 aliphatic carbocycles. The molecule has 0 saturated heterocycles. The average molecular weight is 174 g/mol. The second-order valence-corrected chi connectivity index (χ2v) is 3.41. The Balaban J connectivity index is 0.000000261. The molecule has 12 heavy (non-hydrogen) atoms. The molecule has 0 radical (unpaired) electrons. The monoisotopic (exact) mass is 174 g/mol. The zero-order valence-electron chi connectivity index (χ0n) is 8.13. The molecular formula is C10H22O2. The van der Waals surface area contributed by atoms with Gasteiger partial charge in [-0.25, -0.2) is 0 Å². The molecule has 1 saturated carbocycles. The van der Waals surface area contributed by atoms with Gasteiger partial charge >= 0.3 is 0 Å². The summed E-state index contributed by atoms with van der Waals surface area (Å²) in [6, 6.07) is 0. The van der Waals surface area contributed by atoms with Gasteiger partial charge in [-0.2, -0.15) is 0 Å². The second-order valence-electron chi connectivity index (χ2n) is 3.41. The van der Waals surface area contributed by atoms with Crippen LogP contribution in [0, 0.1) is 5.92 Å². The van der Waals surface area contributed by atoms with Crippen LogP contribution in [0.3, 0.4) is 0 Å². The minimum absolute atomic E-state index is 0.319. The summed E-state index contributed by atoms with van der Waals surface area (Å²) in [5.74, 6) is 0.642. The van der Waals surface area contributed by atoms with E-state index in [-0.39, 0.29) is 0 Å². The summed E-state index contributed by atoms with van der Waals surface area (Å²) in [5.41, 5.74) is 0. The zero-order chi connectivity index (χ0) is 9.23. The van der Waals surface area contributed by atoms with Gasteiger partial charge in [-0.15, -0.1) is 0 Å². The van der Waals surface area contributed by atoms with Gasteiger partial charge in [0.2, 0.25) is 0 Å². The van der Waals surface area contributed by atoms with Crippen molar-refractivity contribution in [2.24, 2.45) is 5.92 Å². The van der Waals surface area contributed by atoms with Gasteiger partial charge in [0, 0.05) is 13.2 Å². The van der Waals surface area contributed by atoms with Crippen molar-refractivity contribution in [2.75, 3.05) is 13.2 Å². The quantitative estimate of drug-likeness (QED) is 0.671. The molecule has 0 bridgehead atoms. The lowest BCUT2D eigenvalue weighted by Gasteiger charge is -2.18. The molecule has 0 aromatic carbocycles. The Hall–Kier alpha value is -0.0800. The van der Waals surface area contributed by atoms with Crippen LogP contribution in [0.2, 0.25) is 0 Å². The smallest absolute Gasteiger partial charge is 0.0459 e. The van der Waals surface area contributed by atoms with Crippen molar-refractivity contribution in [3.63, 3.8) is 0 Å². The van der Waals surface area contributed by atoms with Crippen LogP contribution < -0.4 is 0 Å². The zero-order valence-corrected chi connectivity index (χ0v) is 8.13. The molecule has 1 fully saturated rings. The average Bonchev–Trinajstić information content (AvgIpc) is 2.19. The van der Waals surface area contributed by atoms with Gasteiger partial charge in [0.1, 0.15) is 0 Å². The van der Waals surface area contributed by atoms with E-state index in [1.54, 1.807) is 0 Å². The predicted octanol–water partition coefficient (Wildman–Crippen LogP) is 1.95. The number of hydrogen-bond donors (Lipinski definition) is 2. The summed E-state index contributed by atoms with van der Waals surface area (Å²) >= 11 is 0. The van der Waals surface area contributed by atoms with E-state index in [1.165, 1.54) is 32.1 Å². The Morgan fingerprint density at radius 3 is 1.83 bits per heavy atom. The van der Waals surface area contributed by atoms with Crippen LogP contribution in [0.25, 0.3) is 0 Å². The van der Waals surface area contributed by atoms with Crippen LogP contribution in [0.4, 0.5) is 0 Å². The predicted molar refractivity (Wildman–Crippen MR) is 51.0 cm³/mol. The third-order valence-electron chi connectivity index (χ3n) is 2.21. The van der Waals surface area contributed by atoms with Crippen LogP contribution in [0.1, 0.15) is 45.4 Å². The standard InChI is InChI=1S/C7H14O.C3H8O/c8-6-7-4-2-1-3-5-7;1-2-3-4/h7-8H,1-6H2;4H,2-3H2,1H3. The van der Waals surface area contributed by atoms with Gasteiger partial charge in [0.15, 0.2) is 0 Å². The maximum Gasteiger partial charge on any atom is 0.0459 e. The highest BCUT2D eigenvalue weighted by molar-refractivity contribution is 4.63. The van der Waals surface area contributed by atoms with Gasteiger partial charge in [-0.1, -0.05) is 26.2 Å². The minimum atomic E-state index is 0.319. The van der Waals surface area contributed by atoms with E-state index >= 15 is 0 Å². The van der Waals surface area contributed by atoms with Crippen molar-refractivity contribution in [3.8, 4) is 0 Å². The molecule has 0 aliphatic heterocycles. The molecule has 0 atom stereocenters. The normalized spacial score (nSPS) is 18.2. The van der Waals surface area contributed by atoms with Crippen molar-refractivity contribution in [1.82, 2.24) is 0 Å². The first kappa shape index (κ1) is 11.9. The van der Waals surface area contributed by atoms with Gasteiger partial charge in [-0.3, -0.25) is 0 Å². The lowest BCUT2D eigenvalue weighted by atomic mass is 9.90. The number of rotatable bonds is 2. The fourth-order valence-corrected chi connectivity index (χ4v) is 1.37. The van der Waals surface area contributed by atoms with Gasteiger partial charge in [-0.05, 0) is 25.2 Å². The summed E-state index contributed by atoms with van der Waals surface area (Å²) in [6.07, 6.45) is 7.46. The van der Waals surface area contributed by atoms with Gasteiger partial charge in [0.25, 0.3) is 0 Å². The molecule has 1 aliphatic rings. The Bertz CT molecular complexity index is 75.9. The molecule has 2 N–H and O–H groups in total. The highest BCUT2D eigenvalue weighted by Crippen LogP contribution is 2.22. The molecule has 0 aromatic rings. The van der Waals surface area contributed by atoms with Crippen molar-refractivity contribution >= 4 is 0 Å². The number of hydrogen-bond acceptors (Lipinski definition) is 2. The Kier molecular flexibility index (Phi) is 8.95. The first-order valence-corrected chi connectivity index (χ1v) is 5.06. The summed E-state index contributed by atoms with van der Waals surface area (Å²) in [5, 5.41) is 16.6. The summed E-state index contributed by atoms with van der Waals surface area (Å²) in [4.78, 5) is 0. The Labute approximate surface area is 75.6 Å². The lowest BCUT2D eigenvalue weighted by molar-refractivity contribution is 0.190. The minimum Gasteiger partial charge on any atom is -0.396 e.